The quantitative estimate of drug-likeness (QED) is 0.606. The van der Waals surface area contributed by atoms with Crippen molar-refractivity contribution in [1.82, 2.24) is 5.43 Å². The van der Waals surface area contributed by atoms with Crippen molar-refractivity contribution in [2.75, 3.05) is 6.61 Å². The molecule has 0 bridgehead atoms. The minimum Gasteiger partial charge on any atom is -0.378 e. The molecule has 0 amide bonds. The number of hydrogen-bond donors (Lipinski definition) is 2. The predicted molar refractivity (Wildman–Crippen MR) is 60.1 cm³/mol. The molecule has 16 heavy (non-hydrogen) atoms. The van der Waals surface area contributed by atoms with E-state index in [2.05, 4.69) is 5.43 Å². The Hall–Kier alpha value is -0.970. The van der Waals surface area contributed by atoms with Gasteiger partial charge in [0.15, 0.2) is 0 Å². The molecule has 1 aliphatic heterocycles. The molecule has 0 aliphatic carbocycles. The van der Waals surface area contributed by atoms with E-state index in [0.29, 0.717) is 0 Å². The van der Waals surface area contributed by atoms with Gasteiger partial charge in [-0.2, -0.15) is 0 Å². The van der Waals surface area contributed by atoms with Gasteiger partial charge in [-0.15, -0.1) is 0 Å². The van der Waals surface area contributed by atoms with Gasteiger partial charge in [0.25, 0.3) is 0 Å². The molecule has 1 aliphatic rings. The zero-order valence-corrected chi connectivity index (χ0v) is 9.16. The molecule has 2 atom stereocenters. The standard InChI is InChI=1S/C12H17FN2O/c13-10-4-1-3-9(7-10)12(15-14)8-11-5-2-6-16-11/h1,3-4,7,11-12,15H,2,5-6,8,14H2. The van der Waals surface area contributed by atoms with Crippen LogP contribution in [0.25, 0.3) is 0 Å². The molecule has 1 saturated heterocycles. The molecule has 0 spiro atoms. The molecule has 88 valence electrons. The lowest BCUT2D eigenvalue weighted by Gasteiger charge is -2.19. The topological polar surface area (TPSA) is 47.3 Å². The third-order valence-electron chi connectivity index (χ3n) is 2.97. The van der Waals surface area contributed by atoms with Crippen LogP contribution < -0.4 is 11.3 Å². The number of ether oxygens (including phenoxy) is 1. The summed E-state index contributed by atoms with van der Waals surface area (Å²) in [5.41, 5.74) is 3.60. The van der Waals surface area contributed by atoms with E-state index < -0.39 is 0 Å². The summed E-state index contributed by atoms with van der Waals surface area (Å²) in [4.78, 5) is 0. The Bertz CT molecular complexity index is 340. The summed E-state index contributed by atoms with van der Waals surface area (Å²) in [7, 11) is 0. The predicted octanol–water partition coefficient (Wildman–Crippen LogP) is 1.90. The lowest BCUT2D eigenvalue weighted by atomic mass is 10.00. The van der Waals surface area contributed by atoms with Crippen LogP contribution in [0.4, 0.5) is 4.39 Å². The summed E-state index contributed by atoms with van der Waals surface area (Å²) in [6.45, 7) is 0.825. The van der Waals surface area contributed by atoms with Gasteiger partial charge in [0.1, 0.15) is 5.82 Å². The van der Waals surface area contributed by atoms with E-state index in [-0.39, 0.29) is 18.0 Å². The van der Waals surface area contributed by atoms with Crippen LogP contribution in [0.3, 0.4) is 0 Å². The minimum atomic E-state index is -0.231. The summed E-state index contributed by atoms with van der Waals surface area (Å²) in [5.74, 6) is 5.27. The molecule has 2 rings (SSSR count). The molecule has 3 N–H and O–H groups in total. The maximum absolute atomic E-state index is 13.1. The summed E-state index contributed by atoms with van der Waals surface area (Å²) in [5, 5.41) is 0. The first-order valence-electron chi connectivity index (χ1n) is 5.63. The van der Waals surface area contributed by atoms with Gasteiger partial charge < -0.3 is 4.74 Å². The van der Waals surface area contributed by atoms with Crippen molar-refractivity contribution < 1.29 is 9.13 Å². The monoisotopic (exact) mass is 224 g/mol. The summed E-state index contributed by atoms with van der Waals surface area (Å²) in [6.07, 6.45) is 3.20. The SMILES string of the molecule is NNC(CC1CCCO1)c1cccc(F)c1. The largest absolute Gasteiger partial charge is 0.378 e. The fraction of sp³-hybridized carbons (Fsp3) is 0.500. The van der Waals surface area contributed by atoms with Gasteiger partial charge in [-0.1, -0.05) is 12.1 Å². The Morgan fingerprint density at radius 1 is 1.56 bits per heavy atom. The molecular weight excluding hydrogens is 207 g/mol. The Labute approximate surface area is 94.8 Å². The molecule has 3 nitrogen and oxygen atoms in total. The zero-order chi connectivity index (χ0) is 11.4. The molecule has 0 aromatic heterocycles. The number of rotatable bonds is 4. The lowest BCUT2D eigenvalue weighted by Crippen LogP contribution is -2.30. The highest BCUT2D eigenvalue weighted by molar-refractivity contribution is 5.20. The van der Waals surface area contributed by atoms with Crippen molar-refractivity contribution in [3.05, 3.63) is 35.6 Å². The fourth-order valence-electron chi connectivity index (χ4n) is 2.12. The van der Waals surface area contributed by atoms with Gasteiger partial charge in [-0.05, 0) is 37.0 Å². The second-order valence-corrected chi connectivity index (χ2v) is 4.14. The Kier molecular flexibility index (Phi) is 3.88. The first-order chi connectivity index (χ1) is 7.79. The van der Waals surface area contributed by atoms with Crippen molar-refractivity contribution in [1.29, 1.82) is 0 Å². The smallest absolute Gasteiger partial charge is 0.123 e. The first kappa shape index (κ1) is 11.5. The molecule has 1 heterocycles. The average molecular weight is 224 g/mol. The van der Waals surface area contributed by atoms with Gasteiger partial charge in [0.2, 0.25) is 0 Å². The fourth-order valence-corrected chi connectivity index (χ4v) is 2.12. The second-order valence-electron chi connectivity index (χ2n) is 4.14. The number of hydrazine groups is 1. The van der Waals surface area contributed by atoms with Crippen LogP contribution in [-0.2, 0) is 4.74 Å². The van der Waals surface area contributed by atoms with Crippen molar-refractivity contribution in [2.24, 2.45) is 5.84 Å². The van der Waals surface area contributed by atoms with Crippen LogP contribution >= 0.6 is 0 Å². The molecule has 2 unspecified atom stereocenters. The van der Waals surface area contributed by atoms with Gasteiger partial charge in [0.05, 0.1) is 6.10 Å². The van der Waals surface area contributed by atoms with E-state index in [4.69, 9.17) is 10.6 Å². The third kappa shape index (κ3) is 2.78. The molecule has 1 fully saturated rings. The van der Waals surface area contributed by atoms with Crippen molar-refractivity contribution in [3.8, 4) is 0 Å². The normalized spacial score (nSPS) is 22.2. The van der Waals surface area contributed by atoms with Crippen molar-refractivity contribution in [3.63, 3.8) is 0 Å². The summed E-state index contributed by atoms with van der Waals surface area (Å²) >= 11 is 0. The molecule has 0 radical (unpaired) electrons. The Balaban J connectivity index is 2.03. The highest BCUT2D eigenvalue weighted by Crippen LogP contribution is 2.24. The van der Waals surface area contributed by atoms with Gasteiger partial charge in [-0.25, -0.2) is 4.39 Å². The van der Waals surface area contributed by atoms with E-state index in [1.165, 1.54) is 12.1 Å². The van der Waals surface area contributed by atoms with E-state index in [1.807, 2.05) is 6.07 Å². The number of nitrogens with two attached hydrogens (primary N) is 1. The van der Waals surface area contributed by atoms with Gasteiger partial charge in [0, 0.05) is 12.6 Å². The van der Waals surface area contributed by atoms with E-state index >= 15 is 0 Å². The average Bonchev–Trinajstić information content (AvgIpc) is 2.78. The van der Waals surface area contributed by atoms with Crippen molar-refractivity contribution >= 4 is 0 Å². The second kappa shape index (κ2) is 5.39. The summed E-state index contributed by atoms with van der Waals surface area (Å²) < 4.78 is 18.6. The van der Waals surface area contributed by atoms with E-state index in [0.717, 1.165) is 31.4 Å². The third-order valence-corrected chi connectivity index (χ3v) is 2.97. The number of benzene rings is 1. The minimum absolute atomic E-state index is 0.0428. The maximum atomic E-state index is 13.1. The van der Waals surface area contributed by atoms with Crippen LogP contribution in [-0.4, -0.2) is 12.7 Å². The first-order valence-corrected chi connectivity index (χ1v) is 5.63. The molecule has 1 aromatic rings. The molecular formula is C12H17FN2O. The van der Waals surface area contributed by atoms with Gasteiger partial charge >= 0.3 is 0 Å². The number of halogens is 1. The van der Waals surface area contributed by atoms with Gasteiger partial charge in [-0.3, -0.25) is 11.3 Å². The lowest BCUT2D eigenvalue weighted by molar-refractivity contribution is 0.0945. The molecule has 0 saturated carbocycles. The van der Waals surface area contributed by atoms with E-state index in [1.54, 1.807) is 6.07 Å². The van der Waals surface area contributed by atoms with Crippen molar-refractivity contribution in [2.45, 2.75) is 31.4 Å². The van der Waals surface area contributed by atoms with Crippen LogP contribution in [0.15, 0.2) is 24.3 Å². The molecule has 1 aromatic carbocycles. The van der Waals surface area contributed by atoms with E-state index in [9.17, 15) is 4.39 Å². The maximum Gasteiger partial charge on any atom is 0.123 e. The Morgan fingerprint density at radius 2 is 2.44 bits per heavy atom. The highest BCUT2D eigenvalue weighted by Gasteiger charge is 2.21. The number of hydrogen-bond acceptors (Lipinski definition) is 3. The van der Waals surface area contributed by atoms with Crippen LogP contribution in [0.5, 0.6) is 0 Å². The van der Waals surface area contributed by atoms with Crippen LogP contribution in [0.2, 0.25) is 0 Å². The summed E-state index contributed by atoms with van der Waals surface area (Å²) in [6, 6.07) is 6.48. The zero-order valence-electron chi connectivity index (χ0n) is 9.16. The highest BCUT2D eigenvalue weighted by atomic mass is 19.1. The Morgan fingerprint density at radius 3 is 3.06 bits per heavy atom. The van der Waals surface area contributed by atoms with Crippen LogP contribution in [0, 0.1) is 5.82 Å². The molecule has 4 heteroatoms. The number of nitrogens with one attached hydrogen (secondary N) is 1. The van der Waals surface area contributed by atoms with Crippen LogP contribution in [0.1, 0.15) is 30.9 Å².